The van der Waals surface area contributed by atoms with Crippen molar-refractivity contribution in [2.75, 3.05) is 36.0 Å². The van der Waals surface area contributed by atoms with Crippen LogP contribution in [0.25, 0.3) is 5.57 Å². The van der Waals surface area contributed by atoms with E-state index >= 15 is 0 Å². The summed E-state index contributed by atoms with van der Waals surface area (Å²) in [5.74, 6) is -1.79. The number of aromatic nitrogens is 2. The third-order valence-corrected chi connectivity index (χ3v) is 5.72. The molecule has 2 aromatic carbocycles. The Hall–Kier alpha value is -4.14. The van der Waals surface area contributed by atoms with E-state index < -0.39 is 23.4 Å². The minimum absolute atomic E-state index is 0.113. The van der Waals surface area contributed by atoms with E-state index in [9.17, 15) is 18.4 Å². The number of hydrogen-bond acceptors (Lipinski definition) is 6. The molecule has 0 bridgehead atoms. The van der Waals surface area contributed by atoms with E-state index in [4.69, 9.17) is 0 Å². The van der Waals surface area contributed by atoms with Crippen LogP contribution in [0.5, 0.6) is 0 Å². The lowest BCUT2D eigenvalue weighted by Crippen LogP contribution is -2.48. The van der Waals surface area contributed by atoms with Crippen molar-refractivity contribution in [3.8, 4) is 0 Å². The number of anilines is 2. The number of carbonyl (C=O) groups excluding carboxylic acids is 2. The Kier molecular flexibility index (Phi) is 5.29. The highest BCUT2D eigenvalue weighted by Gasteiger charge is 2.44. The van der Waals surface area contributed by atoms with Gasteiger partial charge in [-0.25, -0.2) is 23.6 Å². The molecule has 0 radical (unpaired) electrons. The van der Waals surface area contributed by atoms with Crippen molar-refractivity contribution in [1.82, 2.24) is 14.9 Å². The Balaban J connectivity index is 1.52. The fraction of sp³-hybridized carbons (Fsp3) is 0.167. The molecule has 1 aromatic heterocycles. The van der Waals surface area contributed by atoms with E-state index in [0.717, 1.165) is 4.90 Å². The highest BCUT2D eigenvalue weighted by molar-refractivity contribution is 6.45. The second-order valence-corrected chi connectivity index (χ2v) is 7.65. The first kappa shape index (κ1) is 20.7. The zero-order valence-electron chi connectivity index (χ0n) is 17.5. The second-order valence-electron chi connectivity index (χ2n) is 7.65. The maximum absolute atomic E-state index is 14.5. The van der Waals surface area contributed by atoms with Crippen molar-refractivity contribution in [1.29, 1.82) is 0 Å². The maximum Gasteiger partial charge on any atom is 0.282 e. The summed E-state index contributed by atoms with van der Waals surface area (Å²) in [5.41, 5.74) is 0.604. The number of rotatable bonds is 4. The van der Waals surface area contributed by atoms with Gasteiger partial charge in [0.05, 0.1) is 11.3 Å². The van der Waals surface area contributed by atoms with Crippen LogP contribution in [-0.4, -0.2) is 52.9 Å². The van der Waals surface area contributed by atoms with Gasteiger partial charge < -0.3 is 9.80 Å². The molecular formula is C24H19F2N5O2. The van der Waals surface area contributed by atoms with Crippen LogP contribution in [0, 0.1) is 11.6 Å². The Morgan fingerprint density at radius 3 is 2.03 bits per heavy atom. The molecule has 5 rings (SSSR count). The summed E-state index contributed by atoms with van der Waals surface area (Å²) >= 11 is 0. The standard InChI is InChI=1S/C24H19F2N5O2/c25-17-8-6-16(7-9-17)20-21(23(33)31(22(20)32)19-5-2-1-4-18(19)26)29-12-14-30(15-13-29)24-27-10-3-11-28-24/h1-11H,12-15H2. The molecule has 3 aromatic rings. The Morgan fingerprint density at radius 2 is 1.36 bits per heavy atom. The van der Waals surface area contributed by atoms with Gasteiger partial charge >= 0.3 is 0 Å². The van der Waals surface area contributed by atoms with E-state index in [1.165, 1.54) is 42.5 Å². The van der Waals surface area contributed by atoms with Crippen LogP contribution in [0.15, 0.2) is 72.7 Å². The first-order valence-corrected chi connectivity index (χ1v) is 10.4. The minimum Gasteiger partial charge on any atom is -0.363 e. The number of carbonyl (C=O) groups is 2. The number of nitrogens with zero attached hydrogens (tertiary/aromatic N) is 5. The van der Waals surface area contributed by atoms with Gasteiger partial charge in [-0.2, -0.15) is 0 Å². The lowest BCUT2D eigenvalue weighted by atomic mass is 10.0. The highest BCUT2D eigenvalue weighted by Crippen LogP contribution is 2.36. The quantitative estimate of drug-likeness (QED) is 0.573. The number of hydrogen-bond donors (Lipinski definition) is 0. The summed E-state index contributed by atoms with van der Waals surface area (Å²) < 4.78 is 28.1. The van der Waals surface area contributed by atoms with Crippen molar-refractivity contribution in [2.45, 2.75) is 0 Å². The van der Waals surface area contributed by atoms with Gasteiger partial charge in [0, 0.05) is 38.6 Å². The molecular weight excluding hydrogens is 428 g/mol. The molecule has 0 atom stereocenters. The molecule has 0 N–H and O–H groups in total. The van der Waals surface area contributed by atoms with E-state index in [-0.39, 0.29) is 17.0 Å². The molecule has 0 aliphatic carbocycles. The van der Waals surface area contributed by atoms with Crippen LogP contribution >= 0.6 is 0 Å². The van der Waals surface area contributed by atoms with Crippen molar-refractivity contribution < 1.29 is 18.4 Å². The molecule has 2 aliphatic heterocycles. The molecule has 1 fully saturated rings. The summed E-state index contributed by atoms with van der Waals surface area (Å²) in [6.07, 6.45) is 3.32. The molecule has 33 heavy (non-hydrogen) atoms. The molecule has 2 amide bonds. The average Bonchev–Trinajstić information content (AvgIpc) is 3.10. The molecule has 3 heterocycles. The number of benzene rings is 2. The van der Waals surface area contributed by atoms with Crippen LogP contribution < -0.4 is 9.80 Å². The van der Waals surface area contributed by atoms with Crippen molar-refractivity contribution in [3.05, 3.63) is 89.9 Å². The van der Waals surface area contributed by atoms with Crippen LogP contribution in [0.2, 0.25) is 0 Å². The topological polar surface area (TPSA) is 69.6 Å². The third kappa shape index (κ3) is 3.71. The van der Waals surface area contributed by atoms with Gasteiger partial charge in [0.1, 0.15) is 17.3 Å². The summed E-state index contributed by atoms with van der Waals surface area (Å²) in [6.45, 7) is 1.93. The zero-order valence-corrected chi connectivity index (χ0v) is 17.5. The van der Waals surface area contributed by atoms with Crippen LogP contribution in [0.4, 0.5) is 20.4 Å². The second kappa shape index (κ2) is 8.42. The van der Waals surface area contributed by atoms with E-state index in [1.807, 2.05) is 9.80 Å². The molecule has 0 saturated carbocycles. The van der Waals surface area contributed by atoms with E-state index in [1.54, 1.807) is 24.5 Å². The van der Waals surface area contributed by atoms with Crippen LogP contribution in [0.3, 0.4) is 0 Å². The fourth-order valence-electron chi connectivity index (χ4n) is 4.12. The first-order valence-electron chi connectivity index (χ1n) is 10.4. The molecule has 166 valence electrons. The molecule has 1 saturated heterocycles. The van der Waals surface area contributed by atoms with Crippen molar-refractivity contribution in [3.63, 3.8) is 0 Å². The SMILES string of the molecule is O=C1C(c2ccc(F)cc2)=C(N2CCN(c3ncccn3)CC2)C(=O)N1c1ccccc1F. The van der Waals surface area contributed by atoms with Crippen molar-refractivity contribution in [2.24, 2.45) is 0 Å². The lowest BCUT2D eigenvalue weighted by molar-refractivity contribution is -0.120. The van der Waals surface area contributed by atoms with Gasteiger partial charge in [-0.1, -0.05) is 24.3 Å². The van der Waals surface area contributed by atoms with Gasteiger partial charge in [-0.05, 0) is 35.9 Å². The third-order valence-electron chi connectivity index (χ3n) is 5.72. The zero-order chi connectivity index (χ0) is 22.9. The smallest absolute Gasteiger partial charge is 0.282 e. The Bertz CT molecular complexity index is 1240. The number of para-hydroxylation sites is 1. The van der Waals surface area contributed by atoms with Crippen LogP contribution in [0.1, 0.15) is 5.56 Å². The summed E-state index contributed by atoms with van der Waals surface area (Å²) in [4.78, 5) is 40.1. The van der Waals surface area contributed by atoms with Gasteiger partial charge in [-0.3, -0.25) is 9.59 Å². The van der Waals surface area contributed by atoms with Gasteiger partial charge in [0.25, 0.3) is 11.8 Å². The first-order chi connectivity index (χ1) is 16.0. The van der Waals surface area contributed by atoms with Crippen LogP contribution in [-0.2, 0) is 9.59 Å². The molecule has 0 unspecified atom stereocenters. The molecule has 2 aliphatic rings. The van der Waals surface area contributed by atoms with Crippen molar-refractivity contribution >= 4 is 29.0 Å². The Morgan fingerprint density at radius 1 is 0.727 bits per heavy atom. The van der Waals surface area contributed by atoms with Gasteiger partial charge in [0.15, 0.2) is 0 Å². The van der Waals surface area contributed by atoms with E-state index in [2.05, 4.69) is 9.97 Å². The number of halogens is 2. The molecule has 9 heteroatoms. The number of amides is 2. The Labute approximate surface area is 188 Å². The largest absolute Gasteiger partial charge is 0.363 e. The summed E-state index contributed by atoms with van der Waals surface area (Å²) in [7, 11) is 0. The highest BCUT2D eigenvalue weighted by atomic mass is 19.1. The summed E-state index contributed by atoms with van der Waals surface area (Å²) in [6, 6.07) is 12.7. The van der Waals surface area contributed by atoms with Gasteiger partial charge in [0.2, 0.25) is 5.95 Å². The average molecular weight is 447 g/mol. The molecule has 0 spiro atoms. The molecule has 7 nitrogen and oxygen atoms in total. The fourth-order valence-corrected chi connectivity index (χ4v) is 4.12. The minimum atomic E-state index is -0.676. The predicted octanol–water partition coefficient (Wildman–Crippen LogP) is 2.86. The predicted molar refractivity (Wildman–Crippen MR) is 118 cm³/mol. The number of imide groups is 1. The van der Waals surface area contributed by atoms with Gasteiger partial charge in [-0.15, -0.1) is 0 Å². The normalized spacial score (nSPS) is 16.7. The maximum atomic E-state index is 14.5. The monoisotopic (exact) mass is 447 g/mol. The summed E-state index contributed by atoms with van der Waals surface area (Å²) in [5, 5.41) is 0. The van der Waals surface area contributed by atoms with E-state index in [0.29, 0.717) is 37.7 Å². The number of piperazine rings is 1. The lowest BCUT2D eigenvalue weighted by Gasteiger charge is -2.36.